The van der Waals surface area contributed by atoms with E-state index in [1.807, 2.05) is 0 Å². The molecule has 0 unspecified atom stereocenters. The van der Waals surface area contributed by atoms with Crippen molar-refractivity contribution in [2.45, 2.75) is 6.92 Å². The molecule has 138 valence electrons. The summed E-state index contributed by atoms with van der Waals surface area (Å²) in [6, 6.07) is 9.16. The lowest BCUT2D eigenvalue weighted by molar-refractivity contribution is 0.0524. The fourth-order valence-corrected chi connectivity index (χ4v) is 2.27. The Hall–Kier alpha value is -3.22. The lowest BCUT2D eigenvalue weighted by atomic mass is 10.1. The van der Waals surface area contributed by atoms with Crippen LogP contribution in [0.1, 0.15) is 27.6 Å². The number of methoxy groups -OCH3 is 3. The molecule has 0 radical (unpaired) electrons. The predicted octanol–water partition coefficient (Wildman–Crippen LogP) is 3.11. The van der Waals surface area contributed by atoms with Crippen LogP contribution in [0.4, 0.5) is 0 Å². The molecule has 0 bridgehead atoms. The van der Waals surface area contributed by atoms with Crippen molar-refractivity contribution < 1.29 is 33.3 Å². The Labute approximate surface area is 151 Å². The number of hydrogen-bond donors (Lipinski definition) is 0. The van der Waals surface area contributed by atoms with Gasteiger partial charge in [-0.3, -0.25) is 0 Å². The van der Waals surface area contributed by atoms with Gasteiger partial charge in [0.25, 0.3) is 0 Å². The van der Waals surface area contributed by atoms with Crippen LogP contribution in [-0.4, -0.2) is 39.9 Å². The SMILES string of the molecule is CCOC(=O)c1cccc(OC(=O)c2cc(OC)c(OC)c(OC)c2)c1. The summed E-state index contributed by atoms with van der Waals surface area (Å²) in [6.07, 6.45) is 0. The molecule has 0 atom stereocenters. The minimum absolute atomic E-state index is 0.209. The van der Waals surface area contributed by atoms with Gasteiger partial charge in [-0.1, -0.05) is 6.07 Å². The summed E-state index contributed by atoms with van der Waals surface area (Å²) >= 11 is 0. The van der Waals surface area contributed by atoms with Crippen LogP contribution >= 0.6 is 0 Å². The highest BCUT2D eigenvalue weighted by atomic mass is 16.5. The average molecular weight is 360 g/mol. The first-order valence-corrected chi connectivity index (χ1v) is 7.83. The highest BCUT2D eigenvalue weighted by molar-refractivity contribution is 5.93. The molecule has 2 aromatic carbocycles. The van der Waals surface area contributed by atoms with Crippen molar-refractivity contribution in [3.63, 3.8) is 0 Å². The summed E-state index contributed by atoms with van der Waals surface area (Å²) in [5.41, 5.74) is 0.503. The van der Waals surface area contributed by atoms with Crippen LogP contribution in [-0.2, 0) is 4.74 Å². The van der Waals surface area contributed by atoms with E-state index in [0.29, 0.717) is 22.8 Å². The second kappa shape index (κ2) is 8.75. The summed E-state index contributed by atoms with van der Waals surface area (Å²) in [7, 11) is 4.38. The van der Waals surface area contributed by atoms with Crippen LogP contribution in [0.3, 0.4) is 0 Å². The van der Waals surface area contributed by atoms with Crippen molar-refractivity contribution >= 4 is 11.9 Å². The lowest BCUT2D eigenvalue weighted by Gasteiger charge is -2.13. The number of rotatable bonds is 7. The molecule has 0 aliphatic rings. The second-order valence-corrected chi connectivity index (χ2v) is 5.05. The third-order valence-electron chi connectivity index (χ3n) is 3.46. The van der Waals surface area contributed by atoms with Crippen LogP contribution < -0.4 is 18.9 Å². The van der Waals surface area contributed by atoms with E-state index >= 15 is 0 Å². The Morgan fingerprint density at radius 2 is 1.50 bits per heavy atom. The van der Waals surface area contributed by atoms with E-state index in [-0.39, 0.29) is 17.9 Å². The molecule has 26 heavy (non-hydrogen) atoms. The fraction of sp³-hybridized carbons (Fsp3) is 0.263. The Morgan fingerprint density at radius 3 is 2.04 bits per heavy atom. The van der Waals surface area contributed by atoms with Gasteiger partial charge in [0.2, 0.25) is 5.75 Å². The monoisotopic (exact) mass is 360 g/mol. The van der Waals surface area contributed by atoms with Gasteiger partial charge in [0.15, 0.2) is 11.5 Å². The number of carbonyl (C=O) groups is 2. The Morgan fingerprint density at radius 1 is 0.846 bits per heavy atom. The number of benzene rings is 2. The maximum atomic E-state index is 12.5. The smallest absolute Gasteiger partial charge is 0.343 e. The Kier molecular flexibility index (Phi) is 6.43. The molecule has 0 spiro atoms. The van der Waals surface area contributed by atoms with Crippen molar-refractivity contribution in [3.05, 3.63) is 47.5 Å². The molecule has 0 N–H and O–H groups in total. The molecular formula is C19H20O7. The summed E-state index contributed by atoms with van der Waals surface area (Å²) < 4.78 is 25.9. The van der Waals surface area contributed by atoms with Crippen molar-refractivity contribution in [2.75, 3.05) is 27.9 Å². The first-order valence-electron chi connectivity index (χ1n) is 7.83. The number of hydrogen-bond acceptors (Lipinski definition) is 7. The number of carbonyl (C=O) groups excluding carboxylic acids is 2. The van der Waals surface area contributed by atoms with Gasteiger partial charge >= 0.3 is 11.9 Å². The quantitative estimate of drug-likeness (QED) is 0.554. The molecule has 0 aromatic heterocycles. The molecule has 0 saturated carbocycles. The van der Waals surface area contributed by atoms with Gasteiger partial charge in [-0.05, 0) is 37.3 Å². The normalized spacial score (nSPS) is 10.0. The Bertz CT molecular complexity index is 773. The van der Waals surface area contributed by atoms with E-state index in [2.05, 4.69) is 0 Å². The number of esters is 2. The maximum absolute atomic E-state index is 12.5. The van der Waals surface area contributed by atoms with Crippen LogP contribution in [0, 0.1) is 0 Å². The van der Waals surface area contributed by atoms with Gasteiger partial charge in [-0.15, -0.1) is 0 Å². The first kappa shape index (κ1) is 19.1. The zero-order valence-electron chi connectivity index (χ0n) is 15.0. The van der Waals surface area contributed by atoms with Gasteiger partial charge in [0.05, 0.1) is 39.1 Å². The number of ether oxygens (including phenoxy) is 5. The van der Waals surface area contributed by atoms with Crippen molar-refractivity contribution in [1.29, 1.82) is 0 Å². The average Bonchev–Trinajstić information content (AvgIpc) is 2.67. The predicted molar refractivity (Wildman–Crippen MR) is 93.5 cm³/mol. The summed E-state index contributed by atoms with van der Waals surface area (Å²) in [4.78, 5) is 24.2. The van der Waals surface area contributed by atoms with E-state index in [9.17, 15) is 9.59 Å². The van der Waals surface area contributed by atoms with Crippen LogP contribution in [0.15, 0.2) is 36.4 Å². The molecule has 0 amide bonds. The summed E-state index contributed by atoms with van der Waals surface area (Å²) in [5.74, 6) is 0.131. The van der Waals surface area contributed by atoms with E-state index in [1.54, 1.807) is 25.1 Å². The van der Waals surface area contributed by atoms with Gasteiger partial charge in [-0.25, -0.2) is 9.59 Å². The van der Waals surface area contributed by atoms with Crippen LogP contribution in [0.25, 0.3) is 0 Å². The van der Waals surface area contributed by atoms with Crippen molar-refractivity contribution in [2.24, 2.45) is 0 Å². The van der Waals surface area contributed by atoms with E-state index in [1.165, 1.54) is 39.5 Å². The maximum Gasteiger partial charge on any atom is 0.343 e. The largest absolute Gasteiger partial charge is 0.493 e. The van der Waals surface area contributed by atoms with Crippen LogP contribution in [0.2, 0.25) is 0 Å². The third-order valence-corrected chi connectivity index (χ3v) is 3.46. The third kappa shape index (κ3) is 4.24. The van der Waals surface area contributed by atoms with Crippen LogP contribution in [0.5, 0.6) is 23.0 Å². The molecule has 0 heterocycles. The second-order valence-electron chi connectivity index (χ2n) is 5.05. The standard InChI is InChI=1S/C19H20O7/c1-5-25-18(20)12-7-6-8-14(9-12)26-19(21)13-10-15(22-2)17(24-4)16(11-13)23-3/h6-11H,5H2,1-4H3. The summed E-state index contributed by atoms with van der Waals surface area (Å²) in [5, 5.41) is 0. The van der Waals surface area contributed by atoms with Gasteiger partial charge in [0.1, 0.15) is 5.75 Å². The minimum Gasteiger partial charge on any atom is -0.493 e. The molecule has 7 heteroatoms. The lowest BCUT2D eigenvalue weighted by Crippen LogP contribution is -2.11. The minimum atomic E-state index is -0.634. The zero-order valence-corrected chi connectivity index (χ0v) is 15.0. The highest BCUT2D eigenvalue weighted by Crippen LogP contribution is 2.38. The Balaban J connectivity index is 2.28. The van der Waals surface area contributed by atoms with Crippen molar-refractivity contribution in [1.82, 2.24) is 0 Å². The molecule has 2 aromatic rings. The fourth-order valence-electron chi connectivity index (χ4n) is 2.27. The van der Waals surface area contributed by atoms with Crippen molar-refractivity contribution in [3.8, 4) is 23.0 Å². The first-order chi connectivity index (χ1) is 12.5. The topological polar surface area (TPSA) is 80.3 Å². The van der Waals surface area contributed by atoms with Gasteiger partial charge < -0.3 is 23.7 Å². The molecule has 0 fully saturated rings. The van der Waals surface area contributed by atoms with E-state index in [0.717, 1.165) is 0 Å². The zero-order chi connectivity index (χ0) is 19.1. The highest BCUT2D eigenvalue weighted by Gasteiger charge is 2.19. The molecule has 0 saturated heterocycles. The van der Waals surface area contributed by atoms with Gasteiger partial charge in [0, 0.05) is 0 Å². The van der Waals surface area contributed by atoms with E-state index in [4.69, 9.17) is 23.7 Å². The molecule has 0 aliphatic heterocycles. The molecular weight excluding hydrogens is 340 g/mol. The molecule has 2 rings (SSSR count). The van der Waals surface area contributed by atoms with E-state index < -0.39 is 11.9 Å². The summed E-state index contributed by atoms with van der Waals surface area (Å²) in [6.45, 7) is 1.97. The molecule has 7 nitrogen and oxygen atoms in total. The van der Waals surface area contributed by atoms with Gasteiger partial charge in [-0.2, -0.15) is 0 Å². The molecule has 0 aliphatic carbocycles.